The first-order chi connectivity index (χ1) is 20.7. The maximum atomic E-state index is 13.5. The number of carbonyl (C=O) groups is 1. The van der Waals surface area contributed by atoms with Crippen LogP contribution in [-0.4, -0.2) is 27.5 Å². The molecule has 1 aliphatic rings. The standard InChI is InChI=1S/C34H38ClN3O4S/c1-23(2)15-17-36-22-24-11-13-29-31(16-18-42-33(29)19-24)37-34(39)21-32(25-7-4-3-5-8-25)38-43(40,41)27-12-14-28-26(20-27)9-6-10-30(28)35/h3-14,19-20,23,31-32,36,38H,15-18,21-22H2,1-2H3,(H,37,39). The Kier molecular flexibility index (Phi) is 10.0. The van der Waals surface area contributed by atoms with Gasteiger partial charge < -0.3 is 15.4 Å². The van der Waals surface area contributed by atoms with Gasteiger partial charge in [0.25, 0.3) is 0 Å². The number of amides is 1. The lowest BCUT2D eigenvalue weighted by molar-refractivity contribution is -0.122. The van der Waals surface area contributed by atoms with Gasteiger partial charge in [0.2, 0.25) is 15.9 Å². The first-order valence-electron chi connectivity index (χ1n) is 14.7. The van der Waals surface area contributed by atoms with Gasteiger partial charge in [0.15, 0.2) is 0 Å². The summed E-state index contributed by atoms with van der Waals surface area (Å²) in [6.45, 7) is 6.62. The molecule has 1 amide bonds. The van der Waals surface area contributed by atoms with Crippen molar-refractivity contribution in [3.63, 3.8) is 0 Å². The predicted octanol–water partition coefficient (Wildman–Crippen LogP) is 6.68. The summed E-state index contributed by atoms with van der Waals surface area (Å²) in [4.78, 5) is 13.5. The van der Waals surface area contributed by atoms with Gasteiger partial charge in [-0.25, -0.2) is 13.1 Å². The summed E-state index contributed by atoms with van der Waals surface area (Å²) in [5.74, 6) is 1.18. The van der Waals surface area contributed by atoms with Gasteiger partial charge in [-0.2, -0.15) is 0 Å². The number of hydrogen-bond acceptors (Lipinski definition) is 5. The fraction of sp³-hybridized carbons (Fsp3) is 0.324. The summed E-state index contributed by atoms with van der Waals surface area (Å²) < 4.78 is 35.8. The number of fused-ring (bicyclic) bond motifs is 2. The van der Waals surface area contributed by atoms with Crippen LogP contribution in [-0.2, 0) is 21.4 Å². The predicted molar refractivity (Wildman–Crippen MR) is 172 cm³/mol. The fourth-order valence-corrected chi connectivity index (χ4v) is 6.82. The largest absolute Gasteiger partial charge is 0.493 e. The third kappa shape index (κ3) is 7.95. The maximum absolute atomic E-state index is 13.5. The lowest BCUT2D eigenvalue weighted by Crippen LogP contribution is -2.36. The highest BCUT2D eigenvalue weighted by atomic mass is 35.5. The summed E-state index contributed by atoms with van der Waals surface area (Å²) in [7, 11) is -3.96. The van der Waals surface area contributed by atoms with E-state index in [1.165, 1.54) is 6.07 Å². The highest BCUT2D eigenvalue weighted by Crippen LogP contribution is 2.33. The summed E-state index contributed by atoms with van der Waals surface area (Å²) >= 11 is 6.28. The van der Waals surface area contributed by atoms with Crippen LogP contribution in [0.3, 0.4) is 0 Å². The van der Waals surface area contributed by atoms with E-state index < -0.39 is 16.1 Å². The van der Waals surface area contributed by atoms with Crippen LogP contribution in [0, 0.1) is 5.92 Å². The number of carbonyl (C=O) groups excluding carboxylic acids is 1. The van der Waals surface area contributed by atoms with Crippen LogP contribution in [0.25, 0.3) is 10.8 Å². The highest BCUT2D eigenvalue weighted by molar-refractivity contribution is 7.89. The molecule has 0 saturated heterocycles. The van der Waals surface area contributed by atoms with E-state index in [2.05, 4.69) is 35.3 Å². The van der Waals surface area contributed by atoms with Crippen LogP contribution >= 0.6 is 11.6 Å². The smallest absolute Gasteiger partial charge is 0.241 e. The molecular formula is C34H38ClN3O4S. The molecule has 1 heterocycles. The molecular weight excluding hydrogens is 582 g/mol. The Morgan fingerprint density at radius 2 is 1.81 bits per heavy atom. The molecule has 2 atom stereocenters. The molecule has 226 valence electrons. The highest BCUT2D eigenvalue weighted by Gasteiger charge is 2.27. The van der Waals surface area contributed by atoms with E-state index in [4.69, 9.17) is 16.3 Å². The number of ether oxygens (including phenoxy) is 1. The van der Waals surface area contributed by atoms with E-state index >= 15 is 0 Å². The van der Waals surface area contributed by atoms with Gasteiger partial charge in [-0.3, -0.25) is 4.79 Å². The number of rotatable bonds is 12. The zero-order valence-corrected chi connectivity index (χ0v) is 26.0. The van der Waals surface area contributed by atoms with Gasteiger partial charge in [0.1, 0.15) is 5.75 Å². The Morgan fingerprint density at radius 1 is 1.00 bits per heavy atom. The van der Waals surface area contributed by atoms with E-state index in [1.54, 1.807) is 24.3 Å². The first kappa shape index (κ1) is 31.0. The summed E-state index contributed by atoms with van der Waals surface area (Å²) in [5.41, 5.74) is 2.76. The van der Waals surface area contributed by atoms with E-state index in [1.807, 2.05) is 48.5 Å². The van der Waals surface area contributed by atoms with Gasteiger partial charge >= 0.3 is 0 Å². The number of hydrogen-bond donors (Lipinski definition) is 3. The van der Waals surface area contributed by atoms with E-state index in [0.29, 0.717) is 29.5 Å². The molecule has 0 fully saturated rings. The van der Waals surface area contributed by atoms with Crippen molar-refractivity contribution in [3.8, 4) is 5.75 Å². The van der Waals surface area contributed by atoms with Crippen LogP contribution in [0.1, 0.15) is 61.9 Å². The second kappa shape index (κ2) is 13.9. The average molecular weight is 620 g/mol. The van der Waals surface area contributed by atoms with Gasteiger partial charge in [-0.1, -0.05) is 86.1 Å². The first-order valence-corrected chi connectivity index (χ1v) is 16.6. The van der Waals surface area contributed by atoms with Crippen LogP contribution in [0.2, 0.25) is 5.02 Å². The molecule has 0 bridgehead atoms. The Bertz CT molecular complexity index is 1680. The minimum Gasteiger partial charge on any atom is -0.493 e. The molecule has 0 aliphatic carbocycles. The zero-order chi connectivity index (χ0) is 30.4. The third-order valence-corrected chi connectivity index (χ3v) is 9.48. The minimum atomic E-state index is -3.96. The topological polar surface area (TPSA) is 96.5 Å². The van der Waals surface area contributed by atoms with Crippen LogP contribution in [0.15, 0.2) is 89.8 Å². The summed E-state index contributed by atoms with van der Waals surface area (Å²) in [6.07, 6.45) is 1.69. The van der Waals surface area contributed by atoms with Crippen molar-refractivity contribution in [3.05, 3.63) is 107 Å². The molecule has 5 rings (SSSR count). The second-order valence-electron chi connectivity index (χ2n) is 11.4. The van der Waals surface area contributed by atoms with Crippen molar-refractivity contribution < 1.29 is 17.9 Å². The quantitative estimate of drug-likeness (QED) is 0.154. The van der Waals surface area contributed by atoms with Crippen molar-refractivity contribution in [1.82, 2.24) is 15.4 Å². The summed E-state index contributed by atoms with van der Waals surface area (Å²) in [5, 5.41) is 8.65. The average Bonchev–Trinajstić information content (AvgIpc) is 2.99. The molecule has 7 nitrogen and oxygen atoms in total. The molecule has 0 saturated carbocycles. The monoisotopic (exact) mass is 619 g/mol. The fourth-order valence-electron chi connectivity index (χ4n) is 5.31. The van der Waals surface area contributed by atoms with Gasteiger partial charge in [-0.05, 0) is 59.7 Å². The number of nitrogens with one attached hydrogen (secondary N) is 3. The van der Waals surface area contributed by atoms with E-state index in [0.717, 1.165) is 47.2 Å². The Balaban J connectivity index is 1.29. The molecule has 0 radical (unpaired) electrons. The number of halogens is 1. The normalized spacial score (nSPS) is 15.6. The minimum absolute atomic E-state index is 0.0623. The second-order valence-corrected chi connectivity index (χ2v) is 13.5. The Morgan fingerprint density at radius 3 is 2.60 bits per heavy atom. The van der Waals surface area contributed by atoms with Gasteiger partial charge in [0.05, 0.1) is 23.6 Å². The van der Waals surface area contributed by atoms with Crippen molar-refractivity contribution in [1.29, 1.82) is 0 Å². The van der Waals surface area contributed by atoms with Crippen molar-refractivity contribution in [2.75, 3.05) is 13.2 Å². The lowest BCUT2D eigenvalue weighted by atomic mass is 9.98. The molecule has 4 aromatic carbocycles. The van der Waals surface area contributed by atoms with Crippen LogP contribution < -0.4 is 20.1 Å². The van der Waals surface area contributed by atoms with Crippen molar-refractivity contribution in [2.24, 2.45) is 5.92 Å². The van der Waals surface area contributed by atoms with Crippen molar-refractivity contribution in [2.45, 2.75) is 56.6 Å². The SMILES string of the molecule is CC(C)CCNCc1ccc2c(c1)OCCC2NC(=O)CC(NS(=O)(=O)c1ccc2c(Cl)cccc2c1)c1ccccc1. The lowest BCUT2D eigenvalue weighted by Gasteiger charge is -2.28. The molecule has 0 aromatic heterocycles. The third-order valence-electron chi connectivity index (χ3n) is 7.68. The summed E-state index contributed by atoms with van der Waals surface area (Å²) in [6, 6.07) is 24.5. The molecule has 9 heteroatoms. The van der Waals surface area contributed by atoms with E-state index in [9.17, 15) is 13.2 Å². The maximum Gasteiger partial charge on any atom is 0.241 e. The Hall–Kier alpha value is -3.43. The Labute approximate surface area is 259 Å². The zero-order valence-electron chi connectivity index (χ0n) is 24.5. The molecule has 2 unspecified atom stereocenters. The number of benzene rings is 4. The molecule has 0 spiro atoms. The van der Waals surface area contributed by atoms with Crippen LogP contribution in [0.5, 0.6) is 5.75 Å². The molecule has 1 aliphatic heterocycles. The molecule has 4 aromatic rings. The van der Waals surface area contributed by atoms with Crippen molar-refractivity contribution >= 4 is 38.3 Å². The van der Waals surface area contributed by atoms with E-state index in [-0.39, 0.29) is 23.3 Å². The van der Waals surface area contributed by atoms with Gasteiger partial charge in [-0.15, -0.1) is 0 Å². The van der Waals surface area contributed by atoms with Crippen LogP contribution in [0.4, 0.5) is 0 Å². The molecule has 43 heavy (non-hydrogen) atoms. The van der Waals surface area contributed by atoms with Gasteiger partial charge in [0, 0.05) is 35.4 Å². The molecule has 3 N–H and O–H groups in total. The number of sulfonamides is 1.